The number of nitrogens with zero attached hydrogens (tertiary/aromatic N) is 1. The maximum atomic E-state index is 13.4. The van der Waals surface area contributed by atoms with Crippen LogP contribution in [0.1, 0.15) is 109 Å². The van der Waals surface area contributed by atoms with E-state index in [2.05, 4.69) is 43.1 Å². The summed E-state index contributed by atoms with van der Waals surface area (Å²) in [7, 11) is 2.14. The predicted octanol–water partition coefficient (Wildman–Crippen LogP) is 6.86. The molecule has 6 nitrogen and oxygen atoms in total. The molecule has 2 fully saturated rings. The Morgan fingerprint density at radius 2 is 1.71 bits per heavy atom. The van der Waals surface area contributed by atoms with Gasteiger partial charge in [-0.25, -0.2) is 0 Å². The number of unbranched alkanes of at least 4 members (excludes halogenated alkanes) is 4. The van der Waals surface area contributed by atoms with Crippen LogP contribution in [0.5, 0.6) is 0 Å². The van der Waals surface area contributed by atoms with E-state index >= 15 is 0 Å². The fourth-order valence-corrected chi connectivity index (χ4v) is 9.09. The number of hydrogen-bond acceptors (Lipinski definition) is 6. The van der Waals surface area contributed by atoms with Crippen LogP contribution in [0, 0.1) is 17.3 Å². The van der Waals surface area contributed by atoms with Crippen molar-refractivity contribution in [1.82, 2.24) is 0 Å². The number of aliphatic hydroxyl groups excluding tert-OH is 1. The van der Waals surface area contributed by atoms with Crippen molar-refractivity contribution in [3.8, 4) is 0 Å². The van der Waals surface area contributed by atoms with Crippen molar-refractivity contribution < 1.29 is 24.2 Å². The molecule has 0 spiro atoms. The van der Waals surface area contributed by atoms with Crippen LogP contribution in [0.15, 0.2) is 47.1 Å². The highest BCUT2D eigenvalue weighted by atomic mass is 16.6. The zero-order valence-electron chi connectivity index (χ0n) is 26.0. The van der Waals surface area contributed by atoms with Crippen LogP contribution in [0.3, 0.4) is 0 Å². The van der Waals surface area contributed by atoms with Gasteiger partial charge in [-0.05, 0) is 105 Å². The highest BCUT2D eigenvalue weighted by Crippen LogP contribution is 2.67. The molecule has 0 heterocycles. The molecule has 0 aromatic heterocycles. The highest BCUT2D eigenvalue weighted by Gasteiger charge is 2.67. The van der Waals surface area contributed by atoms with Gasteiger partial charge >= 0.3 is 5.97 Å². The first kappa shape index (κ1) is 30.7. The van der Waals surface area contributed by atoms with Gasteiger partial charge in [0.1, 0.15) is 0 Å². The summed E-state index contributed by atoms with van der Waals surface area (Å²) >= 11 is 0. The van der Waals surface area contributed by atoms with Gasteiger partial charge in [-0.15, -0.1) is 0 Å². The van der Waals surface area contributed by atoms with Gasteiger partial charge in [0.2, 0.25) is 0 Å². The Labute approximate surface area is 251 Å². The van der Waals surface area contributed by atoms with E-state index in [4.69, 9.17) is 9.84 Å². The SMILES string of the molecule is CC(=O)OC1(C(C)=O)CCC2C3CCC4=CC(=O)CCC4=C3C(c3ccc(N(C)CCCCCCCO)cc3)CC21C. The lowest BCUT2D eigenvalue weighted by Gasteiger charge is -2.55. The number of rotatable bonds is 11. The van der Waals surface area contributed by atoms with Crippen molar-refractivity contribution >= 4 is 23.2 Å². The topological polar surface area (TPSA) is 83.9 Å². The second-order valence-electron chi connectivity index (χ2n) is 13.5. The van der Waals surface area contributed by atoms with Gasteiger partial charge in [0, 0.05) is 50.6 Å². The number of ether oxygens (including phenoxy) is 1. The summed E-state index contributed by atoms with van der Waals surface area (Å²) in [5.41, 5.74) is 4.97. The van der Waals surface area contributed by atoms with E-state index in [1.807, 2.05) is 6.08 Å². The molecule has 0 radical (unpaired) electrons. The van der Waals surface area contributed by atoms with Crippen LogP contribution < -0.4 is 4.90 Å². The largest absolute Gasteiger partial charge is 0.451 e. The number of hydrogen-bond donors (Lipinski definition) is 1. The molecule has 2 saturated carbocycles. The molecule has 42 heavy (non-hydrogen) atoms. The molecule has 0 saturated heterocycles. The number of fused-ring (bicyclic) bond motifs is 4. The molecule has 4 aliphatic carbocycles. The average Bonchev–Trinajstić information content (AvgIpc) is 3.26. The minimum absolute atomic E-state index is 0.0365. The Bertz CT molecular complexity index is 1260. The summed E-state index contributed by atoms with van der Waals surface area (Å²) in [6.45, 7) is 6.51. The molecule has 5 rings (SSSR count). The van der Waals surface area contributed by atoms with Crippen LogP contribution in [-0.4, -0.2) is 48.4 Å². The summed E-state index contributed by atoms with van der Waals surface area (Å²) in [5, 5.41) is 8.99. The molecule has 228 valence electrons. The predicted molar refractivity (Wildman–Crippen MR) is 165 cm³/mol. The van der Waals surface area contributed by atoms with Crippen LogP contribution >= 0.6 is 0 Å². The number of ketones is 2. The minimum atomic E-state index is -1.09. The first-order valence-electron chi connectivity index (χ1n) is 16.2. The molecule has 5 unspecified atom stereocenters. The second-order valence-corrected chi connectivity index (χ2v) is 13.5. The Kier molecular flexibility index (Phi) is 9.13. The molecule has 0 aliphatic heterocycles. The molecule has 1 aromatic carbocycles. The average molecular weight is 576 g/mol. The third kappa shape index (κ3) is 5.52. The van der Waals surface area contributed by atoms with Crippen molar-refractivity contribution in [3.63, 3.8) is 0 Å². The first-order chi connectivity index (χ1) is 20.1. The standard InChI is InChI=1S/C36H49NO5/c1-24(39)36(42-25(2)40)19-18-33-31-16-12-27-22-29(41)15-17-30(27)34(31)32(23-35(33,36)3)26-10-13-28(14-11-26)37(4)20-8-6-5-7-9-21-38/h10-11,13-14,22,31-33,38H,5-9,12,15-21,23H2,1-4H3. The lowest BCUT2D eigenvalue weighted by Crippen LogP contribution is -2.57. The number of esters is 1. The van der Waals surface area contributed by atoms with Crippen molar-refractivity contribution in [2.24, 2.45) is 17.3 Å². The first-order valence-corrected chi connectivity index (χ1v) is 16.2. The van der Waals surface area contributed by atoms with Crippen molar-refractivity contribution in [1.29, 1.82) is 0 Å². The fraction of sp³-hybridized carbons (Fsp3) is 0.639. The number of anilines is 1. The lowest BCUT2D eigenvalue weighted by atomic mass is 9.50. The van der Waals surface area contributed by atoms with E-state index in [9.17, 15) is 14.4 Å². The number of aliphatic hydroxyl groups is 1. The van der Waals surface area contributed by atoms with Crippen molar-refractivity contribution in [2.45, 2.75) is 109 Å². The summed E-state index contributed by atoms with van der Waals surface area (Å²) in [6, 6.07) is 8.96. The summed E-state index contributed by atoms with van der Waals surface area (Å²) in [4.78, 5) is 40.4. The van der Waals surface area contributed by atoms with Crippen LogP contribution in [0.2, 0.25) is 0 Å². The van der Waals surface area contributed by atoms with Gasteiger partial charge in [0.05, 0.1) is 0 Å². The normalized spacial score (nSPS) is 30.3. The van der Waals surface area contributed by atoms with E-state index < -0.39 is 11.0 Å². The smallest absolute Gasteiger partial charge is 0.303 e. The van der Waals surface area contributed by atoms with Crippen LogP contribution in [-0.2, 0) is 19.1 Å². The van der Waals surface area contributed by atoms with Crippen molar-refractivity contribution in [3.05, 3.63) is 52.6 Å². The monoisotopic (exact) mass is 575 g/mol. The molecule has 0 amide bonds. The summed E-state index contributed by atoms with van der Waals surface area (Å²) < 4.78 is 6.06. The van der Waals surface area contributed by atoms with E-state index in [0.717, 1.165) is 64.3 Å². The third-order valence-corrected chi connectivity index (χ3v) is 11.1. The zero-order valence-corrected chi connectivity index (χ0v) is 26.0. The van der Waals surface area contributed by atoms with Gasteiger partial charge < -0.3 is 14.7 Å². The Balaban J connectivity index is 1.48. The Morgan fingerprint density at radius 3 is 2.40 bits per heavy atom. The molecular weight excluding hydrogens is 526 g/mol. The minimum Gasteiger partial charge on any atom is -0.451 e. The van der Waals surface area contributed by atoms with Gasteiger partial charge in [0.15, 0.2) is 17.2 Å². The number of carbonyl (C=O) groups is 3. The van der Waals surface area contributed by atoms with E-state index in [1.54, 1.807) is 6.92 Å². The molecule has 1 N–H and O–H groups in total. The molecule has 6 heteroatoms. The van der Waals surface area contributed by atoms with E-state index in [-0.39, 0.29) is 36.0 Å². The number of allylic oxidation sites excluding steroid dienone is 4. The van der Waals surface area contributed by atoms with Crippen LogP contribution in [0.25, 0.3) is 0 Å². The highest BCUT2D eigenvalue weighted by molar-refractivity contribution is 5.93. The van der Waals surface area contributed by atoms with Crippen LogP contribution in [0.4, 0.5) is 5.69 Å². The Hall–Kier alpha value is -2.73. The third-order valence-electron chi connectivity index (χ3n) is 11.1. The second kappa shape index (κ2) is 12.5. The van der Waals surface area contributed by atoms with Gasteiger partial charge in [-0.3, -0.25) is 14.4 Å². The summed E-state index contributed by atoms with van der Waals surface area (Å²) in [5.74, 6) is 0.512. The maximum absolute atomic E-state index is 13.4. The fourth-order valence-electron chi connectivity index (χ4n) is 9.09. The Morgan fingerprint density at radius 1 is 1.00 bits per heavy atom. The van der Waals surface area contributed by atoms with E-state index in [1.165, 1.54) is 41.3 Å². The zero-order chi connectivity index (χ0) is 30.1. The van der Waals surface area contributed by atoms with E-state index in [0.29, 0.717) is 18.8 Å². The van der Waals surface area contributed by atoms with Crippen molar-refractivity contribution in [2.75, 3.05) is 25.1 Å². The number of carbonyl (C=O) groups excluding carboxylic acids is 3. The molecular formula is C36H49NO5. The lowest BCUT2D eigenvalue weighted by molar-refractivity contribution is -0.182. The quantitative estimate of drug-likeness (QED) is 0.229. The molecule has 0 bridgehead atoms. The summed E-state index contributed by atoms with van der Waals surface area (Å²) in [6.07, 6.45) is 12.8. The molecule has 5 atom stereocenters. The maximum Gasteiger partial charge on any atom is 0.303 e. The molecule has 1 aromatic rings. The van der Waals surface area contributed by atoms with Gasteiger partial charge in [0.25, 0.3) is 0 Å². The van der Waals surface area contributed by atoms with Gasteiger partial charge in [-0.2, -0.15) is 0 Å². The number of Topliss-reactive ketones (excluding diaryl/α,β-unsaturated/α-hetero) is 1. The molecule has 4 aliphatic rings. The van der Waals surface area contributed by atoms with Gasteiger partial charge in [-0.1, -0.05) is 43.9 Å². The number of benzene rings is 1.